The van der Waals surface area contributed by atoms with Gasteiger partial charge in [-0.05, 0) is 12.1 Å². The van der Waals surface area contributed by atoms with Gasteiger partial charge in [-0.15, -0.1) is 0 Å². The molecule has 1 nitrogen and oxygen atoms in total. The van der Waals surface area contributed by atoms with E-state index in [1.165, 1.54) is 0 Å². The van der Waals surface area contributed by atoms with Crippen LogP contribution in [0.15, 0.2) is 0 Å². The predicted molar refractivity (Wildman–Crippen MR) is 34.5 cm³/mol. The van der Waals surface area contributed by atoms with Crippen LogP contribution in [0.3, 0.4) is 0 Å². The molecule has 0 aromatic carbocycles. The summed E-state index contributed by atoms with van der Waals surface area (Å²) in [4.78, 5) is 10.2. The Hall–Kier alpha value is 0.104. The Morgan fingerprint density at radius 1 is 1.33 bits per heavy atom. The summed E-state index contributed by atoms with van der Waals surface area (Å²) in [5.41, 5.74) is 0. The monoisotopic (exact) mass is 118 g/mol. The third-order valence-electron chi connectivity index (χ3n) is 0.789. The van der Waals surface area contributed by atoms with Crippen LogP contribution in [0.25, 0.3) is 0 Å². The molecule has 0 aliphatic carbocycles. The standard InChI is InChI=1S/C3H10OSi2/c4-3(1-5)2-6/h1-2H2,5-6H3. The summed E-state index contributed by atoms with van der Waals surface area (Å²) >= 11 is 0. The van der Waals surface area contributed by atoms with Gasteiger partial charge in [0, 0.05) is 20.5 Å². The van der Waals surface area contributed by atoms with Gasteiger partial charge in [-0.1, -0.05) is 0 Å². The summed E-state index contributed by atoms with van der Waals surface area (Å²) < 4.78 is 0. The molecule has 36 valence electrons. The second-order valence-corrected chi connectivity index (χ2v) is 2.66. The molecule has 0 amide bonds. The molecule has 0 aromatic heterocycles. The highest BCUT2D eigenvalue weighted by molar-refractivity contribution is 6.28. The van der Waals surface area contributed by atoms with E-state index in [9.17, 15) is 4.79 Å². The summed E-state index contributed by atoms with van der Waals surface area (Å²) in [6, 6.07) is 1.73. The van der Waals surface area contributed by atoms with Gasteiger partial charge in [-0.25, -0.2) is 0 Å². The Morgan fingerprint density at radius 2 is 1.67 bits per heavy atom. The molecule has 6 heavy (non-hydrogen) atoms. The van der Waals surface area contributed by atoms with Crippen molar-refractivity contribution in [3.8, 4) is 0 Å². The molecule has 0 unspecified atom stereocenters. The summed E-state index contributed by atoms with van der Waals surface area (Å²) in [5.74, 6) is 0.466. The van der Waals surface area contributed by atoms with Gasteiger partial charge in [-0.3, -0.25) is 0 Å². The van der Waals surface area contributed by atoms with E-state index in [2.05, 4.69) is 0 Å². The zero-order valence-electron chi connectivity index (χ0n) is 4.32. The fraction of sp³-hybridized carbons (Fsp3) is 0.667. The van der Waals surface area contributed by atoms with E-state index in [1.807, 2.05) is 0 Å². The molecule has 0 saturated heterocycles. The second kappa shape index (κ2) is 3.30. The molecule has 0 spiro atoms. The topological polar surface area (TPSA) is 17.1 Å². The van der Waals surface area contributed by atoms with Crippen molar-refractivity contribution >= 4 is 26.3 Å². The van der Waals surface area contributed by atoms with Gasteiger partial charge in [0.05, 0.1) is 0 Å². The van der Waals surface area contributed by atoms with Crippen LogP contribution in [0.1, 0.15) is 0 Å². The minimum absolute atomic E-state index is 0.466. The summed E-state index contributed by atoms with van der Waals surface area (Å²) in [7, 11) is 2.11. The normalized spacial score (nSPS) is 9.33. The molecule has 0 aliphatic rings. The lowest BCUT2D eigenvalue weighted by molar-refractivity contribution is -0.114. The van der Waals surface area contributed by atoms with Crippen LogP contribution in [-0.2, 0) is 4.79 Å². The van der Waals surface area contributed by atoms with Crippen molar-refractivity contribution in [3.63, 3.8) is 0 Å². The van der Waals surface area contributed by atoms with Crippen molar-refractivity contribution in [3.05, 3.63) is 0 Å². The number of hydrogen-bond acceptors (Lipinski definition) is 1. The highest BCUT2D eigenvalue weighted by atomic mass is 28.1. The van der Waals surface area contributed by atoms with Crippen molar-refractivity contribution in [2.75, 3.05) is 0 Å². The molecule has 0 aliphatic heterocycles. The van der Waals surface area contributed by atoms with Crippen molar-refractivity contribution in [1.29, 1.82) is 0 Å². The molecule has 0 bridgehead atoms. The zero-order chi connectivity index (χ0) is 4.99. The second-order valence-electron chi connectivity index (χ2n) is 1.25. The van der Waals surface area contributed by atoms with E-state index < -0.39 is 0 Å². The summed E-state index contributed by atoms with van der Waals surface area (Å²) in [5, 5.41) is 0. The molecular weight excluding hydrogens is 108 g/mol. The highest BCUT2D eigenvalue weighted by Gasteiger charge is 1.86. The Kier molecular flexibility index (Phi) is 3.36. The van der Waals surface area contributed by atoms with E-state index in [-0.39, 0.29) is 0 Å². The number of carbonyl (C=O) groups is 1. The van der Waals surface area contributed by atoms with E-state index in [4.69, 9.17) is 0 Å². The molecule has 0 rings (SSSR count). The lowest BCUT2D eigenvalue weighted by atomic mass is 10.5. The lowest BCUT2D eigenvalue weighted by Gasteiger charge is -1.81. The molecule has 0 radical (unpaired) electrons. The molecule has 0 N–H and O–H groups in total. The molecule has 0 aromatic rings. The van der Waals surface area contributed by atoms with Gasteiger partial charge in [-0.2, -0.15) is 0 Å². The number of rotatable bonds is 2. The first-order chi connectivity index (χ1) is 2.81. The SMILES string of the molecule is O=C(C[SiH3])C[SiH3]. The van der Waals surface area contributed by atoms with Crippen LogP contribution < -0.4 is 0 Å². The smallest absolute Gasteiger partial charge is 0.125 e. The van der Waals surface area contributed by atoms with E-state index >= 15 is 0 Å². The minimum Gasteiger partial charge on any atom is -0.300 e. The van der Waals surface area contributed by atoms with Crippen LogP contribution in [0.2, 0.25) is 12.1 Å². The molecule has 0 atom stereocenters. The Morgan fingerprint density at radius 3 is 1.67 bits per heavy atom. The largest absolute Gasteiger partial charge is 0.300 e. The highest BCUT2D eigenvalue weighted by Crippen LogP contribution is 1.79. The number of ketones is 1. The average Bonchev–Trinajstić information content (AvgIpc) is 1.65. The van der Waals surface area contributed by atoms with Crippen LogP contribution in [0.4, 0.5) is 0 Å². The third-order valence-corrected chi connectivity index (χ3v) is 2.37. The number of Topliss-reactive ketones (excluding diaryl/α,β-unsaturated/α-hetero) is 1. The van der Waals surface area contributed by atoms with Gasteiger partial charge in [0.1, 0.15) is 5.78 Å². The first-order valence-electron chi connectivity index (χ1n) is 2.33. The Balaban J connectivity index is 2.99. The molecular formula is C3H10OSi2. The average molecular weight is 118 g/mol. The first kappa shape index (κ1) is 6.10. The fourth-order valence-corrected chi connectivity index (χ4v) is 2.25. The van der Waals surface area contributed by atoms with Crippen LogP contribution >= 0.6 is 0 Å². The van der Waals surface area contributed by atoms with Crippen LogP contribution in [0.5, 0.6) is 0 Å². The molecule has 3 heteroatoms. The van der Waals surface area contributed by atoms with E-state index in [0.717, 1.165) is 32.6 Å². The van der Waals surface area contributed by atoms with Crippen molar-refractivity contribution in [2.24, 2.45) is 0 Å². The Labute approximate surface area is 44.0 Å². The van der Waals surface area contributed by atoms with Crippen molar-refractivity contribution in [2.45, 2.75) is 12.1 Å². The van der Waals surface area contributed by atoms with Gasteiger partial charge < -0.3 is 4.79 Å². The first-order valence-corrected chi connectivity index (χ1v) is 5.15. The maximum Gasteiger partial charge on any atom is 0.125 e. The van der Waals surface area contributed by atoms with Gasteiger partial charge in [0.2, 0.25) is 0 Å². The molecule has 0 saturated carbocycles. The fourth-order valence-electron chi connectivity index (χ4n) is 0.250. The maximum atomic E-state index is 10.2. The van der Waals surface area contributed by atoms with E-state index in [1.54, 1.807) is 0 Å². The molecule has 0 fully saturated rings. The quantitative estimate of drug-likeness (QED) is 0.388. The van der Waals surface area contributed by atoms with Crippen LogP contribution in [-0.4, -0.2) is 26.3 Å². The minimum atomic E-state index is 0.466. The van der Waals surface area contributed by atoms with Gasteiger partial charge in [0.15, 0.2) is 0 Å². The summed E-state index contributed by atoms with van der Waals surface area (Å²) in [6.07, 6.45) is 0. The molecule has 0 heterocycles. The predicted octanol–water partition coefficient (Wildman–Crippen LogP) is -1.88. The van der Waals surface area contributed by atoms with Gasteiger partial charge >= 0.3 is 0 Å². The van der Waals surface area contributed by atoms with E-state index in [0.29, 0.717) is 5.78 Å². The lowest BCUT2D eigenvalue weighted by Crippen LogP contribution is -1.91. The maximum absolute atomic E-state index is 10.2. The van der Waals surface area contributed by atoms with Gasteiger partial charge in [0.25, 0.3) is 0 Å². The third kappa shape index (κ3) is 2.35. The Bertz CT molecular complexity index is 46.8. The van der Waals surface area contributed by atoms with Crippen molar-refractivity contribution in [1.82, 2.24) is 0 Å². The van der Waals surface area contributed by atoms with Crippen LogP contribution in [0, 0.1) is 0 Å². The number of hydrogen-bond donors (Lipinski definition) is 0. The van der Waals surface area contributed by atoms with Crippen molar-refractivity contribution < 1.29 is 4.79 Å². The summed E-state index contributed by atoms with van der Waals surface area (Å²) in [6.45, 7) is 0. The number of carbonyl (C=O) groups excluding carboxylic acids is 1. The zero-order valence-corrected chi connectivity index (χ0v) is 8.32.